The van der Waals surface area contributed by atoms with Crippen molar-refractivity contribution in [3.05, 3.63) is 63.2 Å². The molecule has 104 valence electrons. The summed E-state index contributed by atoms with van der Waals surface area (Å²) < 4.78 is 0.681. The van der Waals surface area contributed by atoms with Gasteiger partial charge in [0.2, 0.25) is 0 Å². The number of aromatic hydroxyl groups is 1. The third-order valence-corrected chi connectivity index (χ3v) is 3.81. The van der Waals surface area contributed by atoms with E-state index in [4.69, 9.17) is 0 Å². The van der Waals surface area contributed by atoms with Crippen molar-refractivity contribution >= 4 is 28.5 Å². The van der Waals surface area contributed by atoms with Crippen LogP contribution in [0.5, 0.6) is 5.75 Å². The predicted molar refractivity (Wildman–Crippen MR) is 84.6 cm³/mol. The Bertz CT molecular complexity index is 601. The lowest BCUT2D eigenvalue weighted by Crippen LogP contribution is -2.30. The first-order valence-electron chi connectivity index (χ1n) is 6.07. The minimum absolute atomic E-state index is 0.0681. The van der Waals surface area contributed by atoms with Gasteiger partial charge in [0.15, 0.2) is 0 Å². The maximum Gasteiger partial charge on any atom is 0.251 e. The molecule has 4 nitrogen and oxygen atoms in total. The molecule has 20 heavy (non-hydrogen) atoms. The third kappa shape index (κ3) is 3.49. The number of carbonyl (C=O) groups excluding carboxylic acids is 1. The van der Waals surface area contributed by atoms with Gasteiger partial charge in [-0.3, -0.25) is 4.79 Å². The molecule has 0 spiro atoms. The predicted octanol–water partition coefficient (Wildman–Crippen LogP) is 2.46. The summed E-state index contributed by atoms with van der Waals surface area (Å²) in [4.78, 5) is 12.1. The average molecular weight is 383 g/mol. The van der Waals surface area contributed by atoms with Crippen LogP contribution in [0.3, 0.4) is 0 Å². The van der Waals surface area contributed by atoms with Crippen LogP contribution in [-0.4, -0.2) is 22.7 Å². The first kappa shape index (κ1) is 14.8. The van der Waals surface area contributed by atoms with Crippen LogP contribution in [0.15, 0.2) is 48.5 Å². The number of aliphatic hydroxyl groups is 1. The van der Waals surface area contributed by atoms with Gasteiger partial charge in [-0.25, -0.2) is 0 Å². The van der Waals surface area contributed by atoms with Crippen LogP contribution in [0, 0.1) is 3.57 Å². The van der Waals surface area contributed by atoms with Gasteiger partial charge < -0.3 is 15.5 Å². The van der Waals surface area contributed by atoms with Gasteiger partial charge in [0.05, 0.1) is 16.2 Å². The van der Waals surface area contributed by atoms with Crippen LogP contribution in [-0.2, 0) is 0 Å². The van der Waals surface area contributed by atoms with E-state index in [9.17, 15) is 15.0 Å². The van der Waals surface area contributed by atoms with Crippen molar-refractivity contribution in [1.29, 1.82) is 0 Å². The summed E-state index contributed by atoms with van der Waals surface area (Å²) in [5.74, 6) is -0.266. The lowest BCUT2D eigenvalue weighted by molar-refractivity contribution is 0.0916. The summed E-state index contributed by atoms with van der Waals surface area (Å²) in [7, 11) is 0. The first-order valence-corrected chi connectivity index (χ1v) is 7.15. The van der Waals surface area contributed by atoms with E-state index in [0.29, 0.717) is 9.13 Å². The van der Waals surface area contributed by atoms with Gasteiger partial charge in [-0.15, -0.1) is 0 Å². The number of carbonyl (C=O) groups is 1. The van der Waals surface area contributed by atoms with Crippen molar-refractivity contribution in [2.45, 2.75) is 6.04 Å². The van der Waals surface area contributed by atoms with Crippen LogP contribution >= 0.6 is 22.6 Å². The molecule has 1 amide bonds. The minimum atomic E-state index is -0.467. The summed E-state index contributed by atoms with van der Waals surface area (Å²) in [6, 6.07) is 13.5. The van der Waals surface area contributed by atoms with Crippen molar-refractivity contribution < 1.29 is 15.0 Å². The Morgan fingerprint density at radius 1 is 1.20 bits per heavy atom. The fourth-order valence-electron chi connectivity index (χ4n) is 1.82. The number of hydrogen-bond donors (Lipinski definition) is 3. The fourth-order valence-corrected chi connectivity index (χ4v) is 2.15. The number of hydrogen-bond acceptors (Lipinski definition) is 3. The van der Waals surface area contributed by atoms with Gasteiger partial charge in [0, 0.05) is 5.56 Å². The number of phenolic OH excluding ortho intramolecular Hbond substituents is 1. The molecular weight excluding hydrogens is 369 g/mol. The van der Waals surface area contributed by atoms with E-state index in [0.717, 1.165) is 5.56 Å². The molecule has 2 aromatic rings. The van der Waals surface area contributed by atoms with Gasteiger partial charge in [-0.05, 0) is 46.4 Å². The Hall–Kier alpha value is -1.60. The standard InChI is InChI=1S/C15H14INO3/c16-12-7-6-11(8-14(12)19)15(20)17-13(9-18)10-4-2-1-3-5-10/h1-8,13,18-19H,9H2,(H,17,20)/t13-/m1/s1. The number of benzene rings is 2. The number of nitrogens with one attached hydrogen (secondary N) is 1. The highest BCUT2D eigenvalue weighted by atomic mass is 127. The average Bonchev–Trinajstić information content (AvgIpc) is 2.48. The smallest absolute Gasteiger partial charge is 0.251 e. The molecule has 0 radical (unpaired) electrons. The molecule has 3 N–H and O–H groups in total. The Labute approximate surface area is 130 Å². The first-order chi connectivity index (χ1) is 9.61. The van der Waals surface area contributed by atoms with Crippen molar-refractivity contribution in [1.82, 2.24) is 5.32 Å². The van der Waals surface area contributed by atoms with Crippen molar-refractivity contribution in [3.8, 4) is 5.75 Å². The van der Waals surface area contributed by atoms with E-state index >= 15 is 0 Å². The number of aliphatic hydroxyl groups excluding tert-OH is 1. The topological polar surface area (TPSA) is 69.6 Å². The van der Waals surface area contributed by atoms with Crippen LogP contribution in [0.4, 0.5) is 0 Å². The molecule has 0 heterocycles. The molecule has 5 heteroatoms. The monoisotopic (exact) mass is 383 g/mol. The highest BCUT2D eigenvalue weighted by molar-refractivity contribution is 14.1. The van der Waals surface area contributed by atoms with Crippen LogP contribution < -0.4 is 5.32 Å². The molecule has 2 aromatic carbocycles. The Kier molecular flexibility index (Phi) is 4.97. The number of amides is 1. The normalized spacial score (nSPS) is 11.9. The summed E-state index contributed by atoms with van der Waals surface area (Å²) >= 11 is 1.98. The summed E-state index contributed by atoms with van der Waals surface area (Å²) in [5.41, 5.74) is 1.19. The highest BCUT2D eigenvalue weighted by Crippen LogP contribution is 2.21. The van der Waals surface area contributed by atoms with Gasteiger partial charge in [-0.2, -0.15) is 0 Å². The zero-order chi connectivity index (χ0) is 14.5. The molecule has 2 rings (SSSR count). The Morgan fingerprint density at radius 2 is 1.90 bits per heavy atom. The molecule has 0 saturated heterocycles. The summed E-state index contributed by atoms with van der Waals surface area (Å²) in [6.07, 6.45) is 0. The SMILES string of the molecule is O=C(N[C@H](CO)c1ccccc1)c1ccc(I)c(O)c1. The molecule has 0 aliphatic rings. The quantitative estimate of drug-likeness (QED) is 0.711. The van der Waals surface area contributed by atoms with E-state index in [-0.39, 0.29) is 18.3 Å². The van der Waals surface area contributed by atoms with Crippen LogP contribution in [0.2, 0.25) is 0 Å². The van der Waals surface area contributed by atoms with E-state index in [1.54, 1.807) is 12.1 Å². The molecule has 1 atom stereocenters. The summed E-state index contributed by atoms with van der Waals surface area (Å²) in [5, 5.41) is 21.8. The Morgan fingerprint density at radius 3 is 2.50 bits per heavy atom. The van der Waals surface area contributed by atoms with Crippen molar-refractivity contribution in [2.24, 2.45) is 0 Å². The highest BCUT2D eigenvalue weighted by Gasteiger charge is 2.15. The second-order valence-corrected chi connectivity index (χ2v) is 5.45. The van der Waals surface area contributed by atoms with Crippen LogP contribution in [0.25, 0.3) is 0 Å². The second kappa shape index (κ2) is 6.71. The minimum Gasteiger partial charge on any atom is -0.507 e. The summed E-state index contributed by atoms with van der Waals surface area (Å²) in [6.45, 7) is -0.188. The van der Waals surface area contributed by atoms with E-state index in [1.807, 2.05) is 52.9 Å². The number of halogens is 1. The third-order valence-electron chi connectivity index (χ3n) is 2.90. The molecule has 0 saturated carbocycles. The van der Waals surface area contributed by atoms with Gasteiger partial charge in [-0.1, -0.05) is 30.3 Å². The van der Waals surface area contributed by atoms with Crippen molar-refractivity contribution in [3.63, 3.8) is 0 Å². The molecule has 0 fully saturated rings. The second-order valence-electron chi connectivity index (χ2n) is 4.29. The molecule has 0 bridgehead atoms. The zero-order valence-electron chi connectivity index (χ0n) is 10.6. The fraction of sp³-hybridized carbons (Fsp3) is 0.133. The zero-order valence-corrected chi connectivity index (χ0v) is 12.7. The lowest BCUT2D eigenvalue weighted by Gasteiger charge is -2.16. The maximum absolute atomic E-state index is 12.1. The maximum atomic E-state index is 12.1. The number of phenols is 1. The van der Waals surface area contributed by atoms with E-state index < -0.39 is 6.04 Å². The van der Waals surface area contributed by atoms with Gasteiger partial charge >= 0.3 is 0 Å². The van der Waals surface area contributed by atoms with Gasteiger partial charge in [0.1, 0.15) is 5.75 Å². The molecule has 0 aliphatic heterocycles. The lowest BCUT2D eigenvalue weighted by atomic mass is 10.1. The molecular formula is C15H14INO3. The van der Waals surface area contributed by atoms with E-state index in [1.165, 1.54) is 6.07 Å². The van der Waals surface area contributed by atoms with Gasteiger partial charge in [0.25, 0.3) is 5.91 Å². The molecule has 0 aromatic heterocycles. The van der Waals surface area contributed by atoms with E-state index in [2.05, 4.69) is 5.32 Å². The Balaban J connectivity index is 2.15. The van der Waals surface area contributed by atoms with Crippen molar-refractivity contribution in [2.75, 3.05) is 6.61 Å². The largest absolute Gasteiger partial charge is 0.507 e. The van der Waals surface area contributed by atoms with Crippen LogP contribution in [0.1, 0.15) is 22.0 Å². The molecule has 0 unspecified atom stereocenters. The number of rotatable bonds is 4. The molecule has 0 aliphatic carbocycles.